The summed E-state index contributed by atoms with van der Waals surface area (Å²) in [6.45, 7) is 4.45. The van der Waals surface area contributed by atoms with Gasteiger partial charge < -0.3 is 11.1 Å². The molecule has 2 aromatic rings. The summed E-state index contributed by atoms with van der Waals surface area (Å²) < 4.78 is 1.49. The lowest BCUT2D eigenvalue weighted by Gasteiger charge is -2.14. The van der Waals surface area contributed by atoms with Crippen LogP contribution in [-0.4, -0.2) is 20.9 Å². The molecule has 0 aliphatic carbocycles. The zero-order chi connectivity index (χ0) is 14.5. The minimum absolute atomic E-state index is 0.0411. The van der Waals surface area contributed by atoms with E-state index in [0.29, 0.717) is 12.2 Å². The maximum atomic E-state index is 11.9. The van der Waals surface area contributed by atoms with Gasteiger partial charge in [0.15, 0.2) is 0 Å². The molecule has 1 aromatic heterocycles. The first-order valence-corrected chi connectivity index (χ1v) is 6.53. The number of carbonyl (C=O) groups excluding carboxylic acids is 1. The standard InChI is InChI=1S/C14H19N5O/c1-10-3-5-12(6-4-10)11(2)16-14(20)9-19-8-13(7-15)17-18-19/h3-6,8,11H,7,9,15H2,1-2H3,(H,16,20)/t11-/m1/s1. The third-order valence-corrected chi connectivity index (χ3v) is 3.06. The molecule has 6 heteroatoms. The predicted molar refractivity (Wildman–Crippen MR) is 75.7 cm³/mol. The van der Waals surface area contributed by atoms with Crippen LogP contribution in [0.3, 0.4) is 0 Å². The van der Waals surface area contributed by atoms with Gasteiger partial charge in [0, 0.05) is 6.54 Å². The molecule has 0 saturated heterocycles. The molecular weight excluding hydrogens is 254 g/mol. The van der Waals surface area contributed by atoms with Crippen molar-refractivity contribution in [3.63, 3.8) is 0 Å². The molecule has 0 aliphatic heterocycles. The van der Waals surface area contributed by atoms with Crippen LogP contribution >= 0.6 is 0 Å². The van der Waals surface area contributed by atoms with Gasteiger partial charge in [-0.3, -0.25) is 4.79 Å². The lowest BCUT2D eigenvalue weighted by atomic mass is 10.1. The zero-order valence-electron chi connectivity index (χ0n) is 11.7. The van der Waals surface area contributed by atoms with Crippen molar-refractivity contribution in [1.29, 1.82) is 0 Å². The maximum Gasteiger partial charge on any atom is 0.242 e. The normalized spacial score (nSPS) is 12.2. The fourth-order valence-corrected chi connectivity index (χ4v) is 1.88. The van der Waals surface area contributed by atoms with Crippen LogP contribution in [0.1, 0.15) is 29.8 Å². The van der Waals surface area contributed by atoms with E-state index < -0.39 is 0 Å². The number of rotatable bonds is 5. The van der Waals surface area contributed by atoms with Gasteiger partial charge in [-0.05, 0) is 19.4 Å². The van der Waals surface area contributed by atoms with Gasteiger partial charge in [0.25, 0.3) is 0 Å². The van der Waals surface area contributed by atoms with Gasteiger partial charge in [-0.2, -0.15) is 0 Å². The zero-order valence-corrected chi connectivity index (χ0v) is 11.7. The van der Waals surface area contributed by atoms with Crippen LogP contribution in [0.25, 0.3) is 0 Å². The molecular formula is C14H19N5O. The smallest absolute Gasteiger partial charge is 0.242 e. The summed E-state index contributed by atoms with van der Waals surface area (Å²) in [5.41, 5.74) is 8.39. The molecule has 6 nitrogen and oxygen atoms in total. The highest BCUT2D eigenvalue weighted by Crippen LogP contribution is 2.12. The molecule has 106 valence electrons. The van der Waals surface area contributed by atoms with Crippen molar-refractivity contribution >= 4 is 5.91 Å². The Morgan fingerprint density at radius 1 is 1.40 bits per heavy atom. The fraction of sp³-hybridized carbons (Fsp3) is 0.357. The SMILES string of the molecule is Cc1ccc([C@@H](C)NC(=O)Cn2cc(CN)nn2)cc1. The monoisotopic (exact) mass is 273 g/mol. The number of carbonyl (C=O) groups is 1. The van der Waals surface area contributed by atoms with Crippen molar-refractivity contribution in [2.45, 2.75) is 33.0 Å². The third-order valence-electron chi connectivity index (χ3n) is 3.06. The number of aryl methyl sites for hydroxylation is 1. The highest BCUT2D eigenvalue weighted by molar-refractivity contribution is 5.76. The van der Waals surface area contributed by atoms with Crippen LogP contribution in [-0.2, 0) is 17.9 Å². The third kappa shape index (κ3) is 3.64. The van der Waals surface area contributed by atoms with E-state index in [9.17, 15) is 4.79 Å². The highest BCUT2D eigenvalue weighted by Gasteiger charge is 2.10. The minimum atomic E-state index is -0.105. The first-order valence-electron chi connectivity index (χ1n) is 6.53. The number of hydrogen-bond donors (Lipinski definition) is 2. The molecule has 0 bridgehead atoms. The summed E-state index contributed by atoms with van der Waals surface area (Å²) in [6, 6.07) is 8.05. The van der Waals surface area contributed by atoms with Gasteiger partial charge in [0.1, 0.15) is 6.54 Å². The maximum absolute atomic E-state index is 11.9. The van der Waals surface area contributed by atoms with Gasteiger partial charge in [0.2, 0.25) is 5.91 Å². The lowest BCUT2D eigenvalue weighted by molar-refractivity contribution is -0.122. The highest BCUT2D eigenvalue weighted by atomic mass is 16.2. The van der Waals surface area contributed by atoms with E-state index >= 15 is 0 Å². The van der Waals surface area contributed by atoms with Crippen LogP contribution in [0.4, 0.5) is 0 Å². The molecule has 0 spiro atoms. The Bertz CT molecular complexity index is 576. The summed E-state index contributed by atoms with van der Waals surface area (Å²) >= 11 is 0. The van der Waals surface area contributed by atoms with Gasteiger partial charge in [-0.25, -0.2) is 4.68 Å². The Morgan fingerprint density at radius 3 is 2.70 bits per heavy atom. The molecule has 20 heavy (non-hydrogen) atoms. The Balaban J connectivity index is 1.92. The first-order chi connectivity index (χ1) is 9.58. The number of nitrogens with one attached hydrogen (secondary N) is 1. The molecule has 3 N–H and O–H groups in total. The predicted octanol–water partition coefficient (Wildman–Crippen LogP) is 0.923. The second-order valence-electron chi connectivity index (χ2n) is 4.81. The van der Waals surface area contributed by atoms with Crippen molar-refractivity contribution in [2.75, 3.05) is 0 Å². The largest absolute Gasteiger partial charge is 0.348 e. The number of amides is 1. The van der Waals surface area contributed by atoms with Gasteiger partial charge in [0.05, 0.1) is 17.9 Å². The first kappa shape index (κ1) is 14.2. The molecule has 0 unspecified atom stereocenters. The summed E-state index contributed by atoms with van der Waals surface area (Å²) in [6.07, 6.45) is 1.68. The lowest BCUT2D eigenvalue weighted by Crippen LogP contribution is -2.30. The fourth-order valence-electron chi connectivity index (χ4n) is 1.88. The molecule has 0 radical (unpaired) electrons. The molecule has 1 heterocycles. The quantitative estimate of drug-likeness (QED) is 0.848. The Morgan fingerprint density at radius 2 is 2.10 bits per heavy atom. The molecule has 0 fully saturated rings. The Labute approximate surface area is 118 Å². The van der Waals surface area contributed by atoms with Crippen molar-refractivity contribution in [3.8, 4) is 0 Å². The average molecular weight is 273 g/mol. The van der Waals surface area contributed by atoms with Crippen molar-refractivity contribution in [2.24, 2.45) is 5.73 Å². The van der Waals surface area contributed by atoms with E-state index in [2.05, 4.69) is 15.6 Å². The summed E-state index contributed by atoms with van der Waals surface area (Å²) in [5.74, 6) is -0.105. The van der Waals surface area contributed by atoms with E-state index in [0.717, 1.165) is 5.56 Å². The summed E-state index contributed by atoms with van der Waals surface area (Å²) in [4.78, 5) is 11.9. The van der Waals surface area contributed by atoms with Gasteiger partial charge in [-0.1, -0.05) is 35.0 Å². The van der Waals surface area contributed by atoms with Crippen LogP contribution in [0.15, 0.2) is 30.5 Å². The van der Waals surface area contributed by atoms with Crippen molar-refractivity contribution in [1.82, 2.24) is 20.3 Å². The number of nitrogens with two attached hydrogens (primary N) is 1. The van der Waals surface area contributed by atoms with Crippen LogP contribution in [0.5, 0.6) is 0 Å². The topological polar surface area (TPSA) is 85.8 Å². The molecule has 0 saturated carbocycles. The second kappa shape index (κ2) is 6.29. The second-order valence-corrected chi connectivity index (χ2v) is 4.81. The number of hydrogen-bond acceptors (Lipinski definition) is 4. The van der Waals surface area contributed by atoms with E-state index in [-0.39, 0.29) is 18.5 Å². The number of benzene rings is 1. The minimum Gasteiger partial charge on any atom is -0.348 e. The van der Waals surface area contributed by atoms with Gasteiger partial charge in [-0.15, -0.1) is 5.10 Å². The Hall–Kier alpha value is -2.21. The van der Waals surface area contributed by atoms with Crippen LogP contribution in [0, 0.1) is 6.92 Å². The molecule has 1 amide bonds. The van der Waals surface area contributed by atoms with Crippen molar-refractivity contribution in [3.05, 3.63) is 47.3 Å². The van der Waals surface area contributed by atoms with E-state index in [4.69, 9.17) is 5.73 Å². The van der Waals surface area contributed by atoms with Crippen LogP contribution in [0.2, 0.25) is 0 Å². The van der Waals surface area contributed by atoms with Crippen LogP contribution < -0.4 is 11.1 Å². The number of aromatic nitrogens is 3. The van der Waals surface area contributed by atoms with Gasteiger partial charge >= 0.3 is 0 Å². The average Bonchev–Trinajstić information content (AvgIpc) is 2.86. The molecule has 0 aliphatic rings. The Kier molecular flexibility index (Phi) is 4.47. The summed E-state index contributed by atoms with van der Waals surface area (Å²) in [7, 11) is 0. The molecule has 1 atom stereocenters. The van der Waals surface area contributed by atoms with E-state index in [1.807, 2.05) is 38.1 Å². The number of nitrogens with zero attached hydrogens (tertiary/aromatic N) is 3. The van der Waals surface area contributed by atoms with E-state index in [1.165, 1.54) is 10.2 Å². The summed E-state index contributed by atoms with van der Waals surface area (Å²) in [5, 5.41) is 10.6. The molecule has 2 rings (SSSR count). The molecule has 1 aromatic carbocycles. The van der Waals surface area contributed by atoms with Crippen molar-refractivity contribution < 1.29 is 4.79 Å². The van der Waals surface area contributed by atoms with E-state index in [1.54, 1.807) is 6.20 Å².